The Morgan fingerprint density at radius 3 is 1.23 bits per heavy atom. The van der Waals surface area contributed by atoms with Crippen LogP contribution in [0.1, 0.15) is 63.8 Å². The predicted molar refractivity (Wildman–Crippen MR) is 128 cm³/mol. The molecule has 4 heteroatoms. The Bertz CT molecular complexity index is 794. The molecule has 2 rings (SSSR count). The average Bonchev–Trinajstić information content (AvgIpc) is 2.76. The zero-order valence-corrected chi connectivity index (χ0v) is 19.5. The van der Waals surface area contributed by atoms with Crippen LogP contribution in [0.15, 0.2) is 36.4 Å². The van der Waals surface area contributed by atoms with Crippen LogP contribution in [-0.2, 0) is 13.1 Å². The zero-order chi connectivity index (χ0) is 22.3. The molecular weight excluding hydrogens is 372 g/mol. The predicted octanol–water partition coefficient (Wildman–Crippen LogP) is 5.73. The highest BCUT2D eigenvalue weighted by Crippen LogP contribution is 2.32. The lowest BCUT2D eigenvalue weighted by atomic mass is 9.95. The first-order chi connectivity index (χ1) is 14.3. The van der Waals surface area contributed by atoms with Gasteiger partial charge < -0.3 is 10.2 Å². The summed E-state index contributed by atoms with van der Waals surface area (Å²) in [6.45, 7) is 18.0. The van der Waals surface area contributed by atoms with Gasteiger partial charge in [-0.05, 0) is 74.4 Å². The number of nitrogens with zero attached hydrogens (tertiary/aromatic N) is 2. The Balaban J connectivity index is 2.27. The first-order valence-electron chi connectivity index (χ1n) is 11.1. The van der Waals surface area contributed by atoms with Crippen molar-refractivity contribution in [3.63, 3.8) is 0 Å². The summed E-state index contributed by atoms with van der Waals surface area (Å²) >= 11 is 0. The summed E-state index contributed by atoms with van der Waals surface area (Å²) in [6.07, 6.45) is 0. The van der Waals surface area contributed by atoms with Crippen molar-refractivity contribution in [1.29, 1.82) is 0 Å². The van der Waals surface area contributed by atoms with E-state index in [1.54, 1.807) is 0 Å². The average molecular weight is 411 g/mol. The number of benzene rings is 2. The van der Waals surface area contributed by atoms with E-state index in [9.17, 15) is 10.2 Å². The first kappa shape index (κ1) is 24.0. The summed E-state index contributed by atoms with van der Waals surface area (Å²) < 4.78 is 0. The fraction of sp³-hybridized carbons (Fsp3) is 0.462. The van der Waals surface area contributed by atoms with Crippen molar-refractivity contribution in [1.82, 2.24) is 9.80 Å². The number of hydrogen-bond donors (Lipinski definition) is 2. The molecule has 0 unspecified atom stereocenters. The van der Waals surface area contributed by atoms with Gasteiger partial charge in [-0.15, -0.1) is 0 Å². The van der Waals surface area contributed by atoms with Crippen molar-refractivity contribution in [2.75, 3.05) is 26.2 Å². The van der Waals surface area contributed by atoms with Gasteiger partial charge >= 0.3 is 0 Å². The van der Waals surface area contributed by atoms with Crippen molar-refractivity contribution in [3.05, 3.63) is 58.7 Å². The van der Waals surface area contributed by atoms with Gasteiger partial charge in [0.25, 0.3) is 0 Å². The van der Waals surface area contributed by atoms with Gasteiger partial charge in [-0.3, -0.25) is 9.80 Å². The molecule has 0 fully saturated rings. The highest BCUT2D eigenvalue weighted by molar-refractivity contribution is 5.89. The van der Waals surface area contributed by atoms with E-state index in [0.29, 0.717) is 11.5 Å². The number of phenolic OH excluding ortho intramolecular Hbond substituents is 2. The lowest BCUT2D eigenvalue weighted by Crippen LogP contribution is -2.22. The van der Waals surface area contributed by atoms with Crippen molar-refractivity contribution in [2.24, 2.45) is 0 Å². The third-order valence-electron chi connectivity index (χ3n) is 6.18. The van der Waals surface area contributed by atoms with E-state index in [0.717, 1.165) is 72.7 Å². The molecule has 164 valence electrons. The van der Waals surface area contributed by atoms with Gasteiger partial charge in [-0.2, -0.15) is 0 Å². The van der Waals surface area contributed by atoms with Crippen LogP contribution in [0, 0.1) is 0 Å². The Morgan fingerprint density at radius 2 is 0.967 bits per heavy atom. The molecule has 0 atom stereocenters. The second kappa shape index (κ2) is 11.2. The molecule has 2 aromatic rings. The van der Waals surface area contributed by atoms with Gasteiger partial charge in [0, 0.05) is 24.2 Å². The summed E-state index contributed by atoms with van der Waals surface area (Å²) in [5, 5.41) is 21.1. The molecule has 0 aromatic heterocycles. The van der Waals surface area contributed by atoms with Crippen LogP contribution >= 0.6 is 0 Å². The number of allylic oxidation sites excluding steroid dienone is 2. The standard InChI is InChI=1S/C26H38N2O2/c1-7-27(8-2)17-23-13-11-21(15-25(23)29)19(5)20(6)22-12-14-24(26(30)16-22)18-28(9-3)10-4/h11-16,29-30H,7-10,17-18H2,1-6H3/b20-19+. The van der Waals surface area contributed by atoms with Gasteiger partial charge in [-0.1, -0.05) is 52.0 Å². The molecule has 2 aromatic carbocycles. The Morgan fingerprint density at radius 1 is 0.633 bits per heavy atom. The lowest BCUT2D eigenvalue weighted by molar-refractivity contribution is 0.291. The normalized spacial score (nSPS) is 12.5. The first-order valence-corrected chi connectivity index (χ1v) is 11.1. The van der Waals surface area contributed by atoms with Crippen molar-refractivity contribution in [2.45, 2.75) is 54.6 Å². The summed E-state index contributed by atoms with van der Waals surface area (Å²) in [7, 11) is 0. The van der Waals surface area contributed by atoms with Crippen molar-refractivity contribution < 1.29 is 10.2 Å². The Hall–Kier alpha value is -2.30. The van der Waals surface area contributed by atoms with Crippen LogP contribution in [0.3, 0.4) is 0 Å². The summed E-state index contributed by atoms with van der Waals surface area (Å²) in [5.74, 6) is 0.674. The highest BCUT2D eigenvalue weighted by Gasteiger charge is 2.12. The Kier molecular flexibility index (Phi) is 8.94. The van der Waals surface area contributed by atoms with E-state index < -0.39 is 0 Å². The van der Waals surface area contributed by atoms with Crippen LogP contribution in [0.2, 0.25) is 0 Å². The van der Waals surface area contributed by atoms with E-state index in [1.165, 1.54) is 0 Å². The maximum atomic E-state index is 10.5. The fourth-order valence-corrected chi connectivity index (χ4v) is 3.67. The molecule has 0 aliphatic rings. The van der Waals surface area contributed by atoms with Crippen LogP contribution in [-0.4, -0.2) is 46.2 Å². The van der Waals surface area contributed by atoms with Crippen LogP contribution < -0.4 is 0 Å². The molecule has 0 saturated carbocycles. The number of hydrogen-bond acceptors (Lipinski definition) is 4. The molecule has 0 amide bonds. The third kappa shape index (κ3) is 5.87. The maximum absolute atomic E-state index is 10.5. The number of phenols is 2. The minimum atomic E-state index is 0.337. The topological polar surface area (TPSA) is 46.9 Å². The van der Waals surface area contributed by atoms with Crippen molar-refractivity contribution in [3.8, 4) is 11.5 Å². The molecule has 4 nitrogen and oxygen atoms in total. The molecule has 30 heavy (non-hydrogen) atoms. The van der Waals surface area contributed by atoms with E-state index in [-0.39, 0.29) is 0 Å². The highest BCUT2D eigenvalue weighted by atomic mass is 16.3. The smallest absolute Gasteiger partial charge is 0.120 e. The molecule has 0 aliphatic heterocycles. The van der Waals surface area contributed by atoms with Crippen LogP contribution in [0.5, 0.6) is 11.5 Å². The SMILES string of the molecule is CCN(CC)Cc1ccc(/C(C)=C(\C)c2ccc(CN(CC)CC)c(O)c2)cc1O. The maximum Gasteiger partial charge on any atom is 0.120 e. The lowest BCUT2D eigenvalue weighted by Gasteiger charge is -2.20. The monoisotopic (exact) mass is 410 g/mol. The zero-order valence-electron chi connectivity index (χ0n) is 19.5. The molecule has 0 aliphatic carbocycles. The summed E-state index contributed by atoms with van der Waals surface area (Å²) in [6, 6.07) is 11.9. The third-order valence-corrected chi connectivity index (χ3v) is 6.18. The van der Waals surface area contributed by atoms with Crippen LogP contribution in [0.25, 0.3) is 11.1 Å². The molecule has 0 spiro atoms. The molecule has 2 N–H and O–H groups in total. The van der Waals surface area contributed by atoms with Gasteiger partial charge in [0.2, 0.25) is 0 Å². The van der Waals surface area contributed by atoms with E-state index in [1.807, 2.05) is 24.3 Å². The van der Waals surface area contributed by atoms with Gasteiger partial charge in [0.1, 0.15) is 11.5 Å². The number of rotatable bonds is 10. The van der Waals surface area contributed by atoms with Crippen molar-refractivity contribution >= 4 is 11.1 Å². The second-order valence-electron chi connectivity index (χ2n) is 7.86. The van der Waals surface area contributed by atoms with Gasteiger partial charge in [0.15, 0.2) is 0 Å². The molecule has 0 bridgehead atoms. The second-order valence-corrected chi connectivity index (χ2v) is 7.86. The van der Waals surface area contributed by atoms with Gasteiger partial charge in [0.05, 0.1) is 0 Å². The molecule has 0 heterocycles. The van der Waals surface area contributed by atoms with E-state index >= 15 is 0 Å². The minimum Gasteiger partial charge on any atom is -0.508 e. The fourth-order valence-electron chi connectivity index (χ4n) is 3.67. The molecule has 0 saturated heterocycles. The molecular formula is C26H38N2O2. The van der Waals surface area contributed by atoms with E-state index in [4.69, 9.17) is 0 Å². The molecule has 0 radical (unpaired) electrons. The summed E-state index contributed by atoms with van der Waals surface area (Å²) in [4.78, 5) is 4.57. The minimum absolute atomic E-state index is 0.337. The largest absolute Gasteiger partial charge is 0.508 e. The van der Waals surface area contributed by atoms with Gasteiger partial charge in [-0.25, -0.2) is 0 Å². The summed E-state index contributed by atoms with van der Waals surface area (Å²) in [5.41, 5.74) is 6.09. The quantitative estimate of drug-likeness (QED) is 0.491. The van der Waals surface area contributed by atoms with Crippen LogP contribution in [0.4, 0.5) is 0 Å². The number of aromatic hydroxyl groups is 2. The van der Waals surface area contributed by atoms with E-state index in [2.05, 4.69) is 63.5 Å². The Labute approximate surface area is 182 Å².